The zero-order chi connectivity index (χ0) is 17.1. The van der Waals surface area contributed by atoms with Gasteiger partial charge in [0.25, 0.3) is 0 Å². The quantitative estimate of drug-likeness (QED) is 0.630. The van der Waals surface area contributed by atoms with Gasteiger partial charge in [0, 0.05) is 16.8 Å². The molecule has 2 aromatic carbocycles. The lowest BCUT2D eigenvalue weighted by molar-refractivity contribution is 0.0980. The molecule has 0 radical (unpaired) electrons. The van der Waals surface area contributed by atoms with E-state index in [9.17, 15) is 9.59 Å². The van der Waals surface area contributed by atoms with Gasteiger partial charge in [-0.25, -0.2) is 0 Å². The minimum Gasteiger partial charge on any atom is -0.398 e. The van der Waals surface area contributed by atoms with Crippen LogP contribution >= 0.6 is 0 Å². The molecular formula is C19H19N3O2. The number of rotatable bonds is 2. The lowest BCUT2D eigenvalue weighted by Gasteiger charge is -2.28. The molecule has 122 valence electrons. The van der Waals surface area contributed by atoms with Crippen LogP contribution in [0.4, 0.5) is 17.1 Å². The van der Waals surface area contributed by atoms with Gasteiger partial charge in [-0.2, -0.15) is 0 Å². The van der Waals surface area contributed by atoms with E-state index >= 15 is 0 Å². The molecule has 2 aliphatic rings. The zero-order valence-electron chi connectivity index (χ0n) is 13.7. The van der Waals surface area contributed by atoms with Gasteiger partial charge in [-0.3, -0.25) is 9.59 Å². The summed E-state index contributed by atoms with van der Waals surface area (Å²) in [6.07, 6.45) is 1.71. The molecule has 4 rings (SSSR count). The van der Waals surface area contributed by atoms with Crippen LogP contribution in [0.3, 0.4) is 0 Å². The molecule has 1 heterocycles. The van der Waals surface area contributed by atoms with Crippen LogP contribution < -0.4 is 16.4 Å². The molecular weight excluding hydrogens is 302 g/mol. The second kappa shape index (κ2) is 4.84. The summed E-state index contributed by atoms with van der Waals surface area (Å²) >= 11 is 0. The van der Waals surface area contributed by atoms with Gasteiger partial charge in [0.05, 0.1) is 22.5 Å². The van der Waals surface area contributed by atoms with Crippen LogP contribution in [-0.2, 0) is 0 Å². The Hall–Kier alpha value is -2.82. The van der Waals surface area contributed by atoms with Gasteiger partial charge in [0.15, 0.2) is 11.6 Å². The topological polar surface area (TPSA) is 84.2 Å². The fourth-order valence-electron chi connectivity index (χ4n) is 3.68. The number of fused-ring (bicyclic) bond motifs is 4. The first-order valence-electron chi connectivity index (χ1n) is 8.22. The molecule has 2 aromatic rings. The van der Waals surface area contributed by atoms with Gasteiger partial charge in [0.1, 0.15) is 5.66 Å². The minimum absolute atomic E-state index is 0.151. The average molecular weight is 321 g/mol. The summed E-state index contributed by atoms with van der Waals surface area (Å²) in [5, 5.41) is 6.92. The van der Waals surface area contributed by atoms with Crippen LogP contribution in [0, 0.1) is 0 Å². The molecule has 0 unspecified atom stereocenters. The largest absolute Gasteiger partial charge is 0.398 e. The predicted octanol–water partition coefficient (Wildman–Crippen LogP) is 3.40. The maximum absolute atomic E-state index is 13.1. The highest BCUT2D eigenvalue weighted by atomic mass is 16.1. The molecule has 5 nitrogen and oxygen atoms in total. The van der Waals surface area contributed by atoms with Crippen LogP contribution in [-0.4, -0.2) is 17.2 Å². The van der Waals surface area contributed by atoms with Crippen LogP contribution in [0.15, 0.2) is 30.3 Å². The molecule has 1 aliphatic heterocycles. The van der Waals surface area contributed by atoms with Gasteiger partial charge in [-0.05, 0) is 31.0 Å². The smallest absolute Gasteiger partial charge is 0.198 e. The SMILES string of the molecule is CCC1(CC)Nc2ccc3c(c2N1)C(=O)c1c(N)cccc1C3=O. The molecule has 0 fully saturated rings. The second-order valence-corrected chi connectivity index (χ2v) is 6.38. The number of carbonyl (C=O) groups excluding carboxylic acids is 2. The van der Waals surface area contributed by atoms with E-state index < -0.39 is 0 Å². The molecule has 0 atom stereocenters. The number of benzene rings is 2. The summed E-state index contributed by atoms with van der Waals surface area (Å²) in [6, 6.07) is 8.63. The highest BCUT2D eigenvalue weighted by Crippen LogP contribution is 2.44. The maximum atomic E-state index is 13.1. The predicted molar refractivity (Wildman–Crippen MR) is 94.7 cm³/mol. The maximum Gasteiger partial charge on any atom is 0.198 e. The Bertz CT molecular complexity index is 898. The van der Waals surface area contributed by atoms with Gasteiger partial charge in [0.2, 0.25) is 0 Å². The highest BCUT2D eigenvalue weighted by Gasteiger charge is 2.40. The lowest BCUT2D eigenvalue weighted by atomic mass is 9.82. The summed E-state index contributed by atoms with van der Waals surface area (Å²) in [7, 11) is 0. The third-order valence-electron chi connectivity index (χ3n) is 5.19. The summed E-state index contributed by atoms with van der Waals surface area (Å²) in [4.78, 5) is 26.0. The lowest BCUT2D eigenvalue weighted by Crippen LogP contribution is -2.40. The van der Waals surface area contributed by atoms with Crippen molar-refractivity contribution in [3.05, 3.63) is 52.6 Å². The average Bonchev–Trinajstić information content (AvgIpc) is 2.98. The first-order chi connectivity index (χ1) is 11.5. The van der Waals surface area contributed by atoms with E-state index in [0.29, 0.717) is 33.6 Å². The van der Waals surface area contributed by atoms with E-state index in [-0.39, 0.29) is 17.2 Å². The monoisotopic (exact) mass is 321 g/mol. The van der Waals surface area contributed by atoms with Crippen molar-refractivity contribution in [2.75, 3.05) is 16.4 Å². The van der Waals surface area contributed by atoms with E-state index in [0.717, 1.165) is 18.5 Å². The number of carbonyl (C=O) groups is 2. The molecule has 24 heavy (non-hydrogen) atoms. The van der Waals surface area contributed by atoms with E-state index in [4.69, 9.17) is 5.73 Å². The number of nitrogen functional groups attached to an aromatic ring is 1. The van der Waals surface area contributed by atoms with Gasteiger partial charge in [-0.15, -0.1) is 0 Å². The Morgan fingerprint density at radius 3 is 2.33 bits per heavy atom. The molecule has 0 spiro atoms. The zero-order valence-corrected chi connectivity index (χ0v) is 13.7. The Balaban J connectivity index is 1.95. The second-order valence-electron chi connectivity index (χ2n) is 6.38. The van der Waals surface area contributed by atoms with Crippen molar-refractivity contribution in [2.45, 2.75) is 32.4 Å². The number of anilines is 3. The Morgan fingerprint density at radius 2 is 1.62 bits per heavy atom. The minimum atomic E-state index is -0.288. The summed E-state index contributed by atoms with van der Waals surface area (Å²) < 4.78 is 0. The fraction of sp³-hybridized carbons (Fsp3) is 0.263. The standard InChI is InChI=1S/C19H19N3O2/c1-3-19(4-2)21-13-9-8-11-15(16(13)22-19)18(24)14-10(17(11)23)6-5-7-12(14)20/h5-9,21-22H,3-4,20H2,1-2H3. The van der Waals surface area contributed by atoms with Crippen LogP contribution in [0.1, 0.15) is 58.5 Å². The molecule has 0 saturated carbocycles. The van der Waals surface area contributed by atoms with Crippen LogP contribution in [0.25, 0.3) is 0 Å². The van der Waals surface area contributed by atoms with E-state index in [2.05, 4.69) is 24.5 Å². The summed E-state index contributed by atoms with van der Waals surface area (Å²) in [5.74, 6) is -0.339. The number of ketones is 2. The molecule has 0 aromatic heterocycles. The third-order valence-corrected chi connectivity index (χ3v) is 5.19. The third kappa shape index (κ3) is 1.75. The van der Waals surface area contributed by atoms with Crippen molar-refractivity contribution in [1.82, 2.24) is 0 Å². The summed E-state index contributed by atoms with van der Waals surface area (Å²) in [6.45, 7) is 4.17. The van der Waals surface area contributed by atoms with E-state index in [1.807, 2.05) is 6.07 Å². The van der Waals surface area contributed by atoms with Crippen molar-refractivity contribution in [2.24, 2.45) is 0 Å². The Kier molecular flexibility index (Phi) is 2.97. The van der Waals surface area contributed by atoms with Gasteiger partial charge < -0.3 is 16.4 Å². The van der Waals surface area contributed by atoms with Crippen molar-refractivity contribution >= 4 is 28.6 Å². The van der Waals surface area contributed by atoms with Crippen molar-refractivity contribution in [1.29, 1.82) is 0 Å². The van der Waals surface area contributed by atoms with Gasteiger partial charge in [-0.1, -0.05) is 26.0 Å². The molecule has 1 aliphatic carbocycles. The van der Waals surface area contributed by atoms with E-state index in [1.54, 1.807) is 24.3 Å². The van der Waals surface area contributed by atoms with Crippen molar-refractivity contribution in [3.8, 4) is 0 Å². The normalized spacial score (nSPS) is 16.8. The molecule has 5 heteroatoms. The van der Waals surface area contributed by atoms with Crippen LogP contribution in [0.2, 0.25) is 0 Å². The number of hydrogen-bond acceptors (Lipinski definition) is 5. The molecule has 4 N–H and O–H groups in total. The molecule has 0 bridgehead atoms. The van der Waals surface area contributed by atoms with Gasteiger partial charge >= 0.3 is 0 Å². The Morgan fingerprint density at radius 1 is 0.917 bits per heavy atom. The molecule has 0 amide bonds. The Labute approximate surface area is 140 Å². The van der Waals surface area contributed by atoms with Crippen LogP contribution in [0.5, 0.6) is 0 Å². The highest BCUT2D eigenvalue weighted by molar-refractivity contribution is 6.32. The van der Waals surface area contributed by atoms with Crippen molar-refractivity contribution < 1.29 is 9.59 Å². The summed E-state index contributed by atoms with van der Waals surface area (Å²) in [5.41, 5.74) is 9.19. The molecule has 0 saturated heterocycles. The number of nitrogens with two attached hydrogens (primary N) is 1. The fourth-order valence-corrected chi connectivity index (χ4v) is 3.68. The van der Waals surface area contributed by atoms with Crippen molar-refractivity contribution in [3.63, 3.8) is 0 Å². The first-order valence-corrected chi connectivity index (χ1v) is 8.22. The first kappa shape index (κ1) is 14.8. The van der Waals surface area contributed by atoms with E-state index in [1.165, 1.54) is 0 Å². The number of hydrogen-bond donors (Lipinski definition) is 3. The number of nitrogens with one attached hydrogen (secondary N) is 2.